The normalized spacial score (nSPS) is 23.4. The van der Waals surface area contributed by atoms with Gasteiger partial charge in [0.2, 0.25) is 0 Å². The van der Waals surface area contributed by atoms with Gasteiger partial charge in [0.1, 0.15) is 0 Å². The van der Waals surface area contributed by atoms with E-state index < -0.39 is 0 Å². The van der Waals surface area contributed by atoms with E-state index >= 15 is 0 Å². The summed E-state index contributed by atoms with van der Waals surface area (Å²) in [5, 5.41) is 1.68. The summed E-state index contributed by atoms with van der Waals surface area (Å²) < 4.78 is 0. The van der Waals surface area contributed by atoms with Gasteiger partial charge in [0.25, 0.3) is 0 Å². The van der Waals surface area contributed by atoms with Gasteiger partial charge in [-0.1, -0.05) is 46.9 Å². The Morgan fingerprint density at radius 3 is 2.53 bits per heavy atom. The lowest BCUT2D eigenvalue weighted by Crippen LogP contribution is -2.35. The molecule has 0 radical (unpaired) electrons. The van der Waals surface area contributed by atoms with Crippen molar-refractivity contribution in [2.45, 2.75) is 50.4 Å². The number of alkyl halides is 1. The van der Waals surface area contributed by atoms with Crippen molar-refractivity contribution in [1.82, 2.24) is 0 Å². The van der Waals surface area contributed by atoms with E-state index in [1.807, 2.05) is 6.07 Å². The van der Waals surface area contributed by atoms with Gasteiger partial charge < -0.3 is 4.90 Å². The summed E-state index contributed by atoms with van der Waals surface area (Å²) in [5.41, 5.74) is 2.49. The second kappa shape index (κ2) is 6.99. The average molecular weight is 345 g/mol. The van der Waals surface area contributed by atoms with Crippen LogP contribution >= 0.6 is 27.5 Å². The third-order valence-electron chi connectivity index (χ3n) is 4.55. The summed E-state index contributed by atoms with van der Waals surface area (Å²) in [4.78, 5) is 2.44. The number of hydrogen-bond donors (Lipinski definition) is 0. The van der Waals surface area contributed by atoms with E-state index in [1.165, 1.54) is 43.4 Å². The fourth-order valence-corrected chi connectivity index (χ4v) is 4.13. The molecular weight excluding hydrogens is 322 g/mol. The third kappa shape index (κ3) is 3.46. The molecule has 0 unspecified atom stereocenters. The van der Waals surface area contributed by atoms with Crippen LogP contribution in [0.2, 0.25) is 5.02 Å². The van der Waals surface area contributed by atoms with Gasteiger partial charge >= 0.3 is 0 Å². The van der Waals surface area contributed by atoms with Crippen LogP contribution in [0.25, 0.3) is 0 Å². The summed E-state index contributed by atoms with van der Waals surface area (Å²) >= 11 is 9.86. The van der Waals surface area contributed by atoms with Crippen molar-refractivity contribution in [1.29, 1.82) is 0 Å². The Morgan fingerprint density at radius 1 is 1.26 bits per heavy atom. The molecule has 0 aliphatic heterocycles. The third-order valence-corrected chi connectivity index (χ3v) is 5.46. The Labute approximate surface area is 130 Å². The Bertz CT molecular complexity index is 413. The summed E-state index contributed by atoms with van der Waals surface area (Å²) in [6, 6.07) is 6.88. The predicted octanol–water partition coefficient (Wildman–Crippen LogP) is 5.64. The van der Waals surface area contributed by atoms with Crippen molar-refractivity contribution >= 4 is 33.2 Å². The summed E-state index contributed by atoms with van der Waals surface area (Å²) in [7, 11) is 2.22. The SMILES string of the molecule is CCC1CCC(N(C)c2cccc(Cl)c2CBr)CC1. The average Bonchev–Trinajstić information content (AvgIpc) is 2.46. The van der Waals surface area contributed by atoms with Crippen molar-refractivity contribution in [3.05, 3.63) is 28.8 Å². The first kappa shape index (κ1) is 15.2. The van der Waals surface area contributed by atoms with Gasteiger partial charge in [-0.3, -0.25) is 0 Å². The Balaban J connectivity index is 2.12. The molecule has 1 saturated carbocycles. The van der Waals surface area contributed by atoms with Crippen LogP contribution in [0.5, 0.6) is 0 Å². The highest BCUT2D eigenvalue weighted by Gasteiger charge is 2.24. The first-order chi connectivity index (χ1) is 9.17. The van der Waals surface area contributed by atoms with Crippen LogP contribution < -0.4 is 4.90 Å². The molecule has 3 heteroatoms. The summed E-state index contributed by atoms with van der Waals surface area (Å²) in [6.07, 6.45) is 6.69. The van der Waals surface area contributed by atoms with Gasteiger partial charge in [0.05, 0.1) is 0 Å². The van der Waals surface area contributed by atoms with Crippen molar-refractivity contribution in [3.8, 4) is 0 Å². The Hall–Kier alpha value is -0.210. The number of hydrogen-bond acceptors (Lipinski definition) is 1. The van der Waals surface area contributed by atoms with Crippen LogP contribution in [-0.4, -0.2) is 13.1 Å². The highest BCUT2D eigenvalue weighted by atomic mass is 79.9. The molecule has 19 heavy (non-hydrogen) atoms. The van der Waals surface area contributed by atoms with E-state index in [9.17, 15) is 0 Å². The maximum atomic E-state index is 6.30. The molecule has 1 aromatic carbocycles. The van der Waals surface area contributed by atoms with E-state index in [0.29, 0.717) is 6.04 Å². The number of nitrogens with zero attached hydrogens (tertiary/aromatic N) is 1. The topological polar surface area (TPSA) is 3.24 Å². The largest absolute Gasteiger partial charge is 0.371 e. The van der Waals surface area contributed by atoms with Gasteiger partial charge in [-0.05, 0) is 43.7 Å². The zero-order valence-corrected chi connectivity index (χ0v) is 14.2. The van der Waals surface area contributed by atoms with Crippen LogP contribution in [0.3, 0.4) is 0 Å². The molecule has 0 N–H and O–H groups in total. The van der Waals surface area contributed by atoms with Crippen LogP contribution in [0.1, 0.15) is 44.6 Å². The smallest absolute Gasteiger partial charge is 0.0467 e. The van der Waals surface area contributed by atoms with Crippen molar-refractivity contribution in [2.24, 2.45) is 5.92 Å². The van der Waals surface area contributed by atoms with Crippen LogP contribution in [-0.2, 0) is 5.33 Å². The van der Waals surface area contributed by atoms with Crippen molar-refractivity contribution in [2.75, 3.05) is 11.9 Å². The zero-order valence-electron chi connectivity index (χ0n) is 11.8. The van der Waals surface area contributed by atoms with Gasteiger partial charge in [0.15, 0.2) is 0 Å². The monoisotopic (exact) mass is 343 g/mol. The summed E-state index contributed by atoms with van der Waals surface area (Å²) in [6.45, 7) is 2.31. The van der Waals surface area contributed by atoms with Gasteiger partial charge in [-0.2, -0.15) is 0 Å². The lowest BCUT2D eigenvalue weighted by molar-refractivity contribution is 0.313. The zero-order chi connectivity index (χ0) is 13.8. The van der Waals surface area contributed by atoms with Gasteiger partial charge in [-0.15, -0.1) is 0 Å². The molecular formula is C16H23BrClN. The lowest BCUT2D eigenvalue weighted by atomic mass is 9.84. The fraction of sp³-hybridized carbons (Fsp3) is 0.625. The fourth-order valence-electron chi connectivity index (χ4n) is 3.15. The second-order valence-corrected chi connectivity index (χ2v) is 6.53. The highest BCUT2D eigenvalue weighted by Crippen LogP contribution is 2.35. The maximum Gasteiger partial charge on any atom is 0.0467 e. The molecule has 0 saturated heterocycles. The molecule has 0 bridgehead atoms. The molecule has 2 rings (SSSR count). The van der Waals surface area contributed by atoms with E-state index in [4.69, 9.17) is 11.6 Å². The van der Waals surface area contributed by atoms with Crippen molar-refractivity contribution in [3.63, 3.8) is 0 Å². The molecule has 106 valence electrons. The molecule has 1 aromatic rings. The van der Waals surface area contributed by atoms with Crippen LogP contribution in [0.15, 0.2) is 18.2 Å². The molecule has 0 atom stereocenters. The Morgan fingerprint density at radius 2 is 1.95 bits per heavy atom. The van der Waals surface area contributed by atoms with E-state index in [1.54, 1.807) is 0 Å². The first-order valence-corrected chi connectivity index (χ1v) is 8.73. The number of benzene rings is 1. The van der Waals surface area contributed by atoms with E-state index in [-0.39, 0.29) is 0 Å². The molecule has 0 spiro atoms. The number of rotatable bonds is 4. The van der Waals surface area contributed by atoms with Crippen LogP contribution in [0, 0.1) is 5.92 Å². The standard InChI is InChI=1S/C16H23BrClN/c1-3-12-7-9-13(10-8-12)19(2)16-6-4-5-15(18)14(16)11-17/h4-6,12-13H,3,7-11H2,1-2H3. The van der Waals surface area contributed by atoms with Gasteiger partial charge in [0, 0.05) is 34.7 Å². The molecule has 0 amide bonds. The van der Waals surface area contributed by atoms with E-state index in [0.717, 1.165) is 16.3 Å². The number of anilines is 1. The quantitative estimate of drug-likeness (QED) is 0.639. The maximum absolute atomic E-state index is 6.30. The highest BCUT2D eigenvalue weighted by molar-refractivity contribution is 9.08. The Kier molecular flexibility index (Phi) is 5.58. The predicted molar refractivity (Wildman–Crippen MR) is 88.5 cm³/mol. The lowest BCUT2D eigenvalue weighted by Gasteiger charge is -2.36. The molecule has 0 heterocycles. The van der Waals surface area contributed by atoms with E-state index in [2.05, 4.69) is 46.9 Å². The van der Waals surface area contributed by atoms with Crippen LogP contribution in [0.4, 0.5) is 5.69 Å². The molecule has 1 fully saturated rings. The van der Waals surface area contributed by atoms with Crippen molar-refractivity contribution < 1.29 is 0 Å². The first-order valence-electron chi connectivity index (χ1n) is 7.23. The minimum atomic E-state index is 0.666. The second-order valence-electron chi connectivity index (χ2n) is 5.56. The summed E-state index contributed by atoms with van der Waals surface area (Å²) in [5.74, 6) is 0.944. The van der Waals surface area contributed by atoms with Gasteiger partial charge in [-0.25, -0.2) is 0 Å². The molecule has 0 aromatic heterocycles. The molecule has 1 aliphatic rings. The molecule has 1 nitrogen and oxygen atoms in total. The molecule has 1 aliphatic carbocycles. The number of halogens is 2. The minimum absolute atomic E-state index is 0.666. The minimum Gasteiger partial charge on any atom is -0.371 e.